The molecule has 0 atom stereocenters. The Kier molecular flexibility index (Phi) is 5.55. The lowest BCUT2D eigenvalue weighted by Crippen LogP contribution is -2.34. The molecule has 1 aromatic rings. The molecule has 1 rings (SSSR count). The molecule has 5 nitrogen and oxygen atoms in total. The maximum Gasteiger partial charge on any atom is 0.407 e. The number of carbonyl (C=O) groups excluding carboxylic acids is 2. The van der Waals surface area contributed by atoms with Crippen LogP contribution in [0.1, 0.15) is 36.7 Å². The number of ether oxygens (including phenoxy) is 2. The predicted molar refractivity (Wildman–Crippen MR) is 75.7 cm³/mol. The van der Waals surface area contributed by atoms with Gasteiger partial charge < -0.3 is 14.8 Å². The summed E-state index contributed by atoms with van der Waals surface area (Å²) in [6.07, 6.45) is -0.524. The second kappa shape index (κ2) is 6.93. The summed E-state index contributed by atoms with van der Waals surface area (Å²) in [7, 11) is 0. The van der Waals surface area contributed by atoms with Gasteiger partial charge in [-0.2, -0.15) is 0 Å². The van der Waals surface area contributed by atoms with E-state index in [0.29, 0.717) is 5.56 Å². The highest BCUT2D eigenvalue weighted by Crippen LogP contribution is 2.08. The second-order valence-corrected chi connectivity index (χ2v) is 5.38. The van der Waals surface area contributed by atoms with Crippen LogP contribution >= 0.6 is 0 Å². The molecule has 1 aromatic carbocycles. The number of carbonyl (C=O) groups is 2. The van der Waals surface area contributed by atoms with Gasteiger partial charge in [-0.15, -0.1) is 0 Å². The topological polar surface area (TPSA) is 64.6 Å². The molecule has 0 heterocycles. The number of esters is 1. The normalized spacial score (nSPS) is 10.8. The van der Waals surface area contributed by atoms with Gasteiger partial charge in [-0.05, 0) is 39.3 Å². The third-order valence-corrected chi connectivity index (χ3v) is 2.37. The lowest BCUT2D eigenvalue weighted by atomic mass is 10.1. The van der Waals surface area contributed by atoms with Crippen molar-refractivity contribution in [1.29, 1.82) is 0 Å². The maximum atomic E-state index is 11.8. The first kappa shape index (κ1) is 16.0. The first-order valence-electron chi connectivity index (χ1n) is 6.49. The Hall–Kier alpha value is -2.04. The minimum atomic E-state index is -0.540. The van der Waals surface area contributed by atoms with Crippen molar-refractivity contribution < 1.29 is 19.1 Å². The van der Waals surface area contributed by atoms with Gasteiger partial charge in [0.15, 0.2) is 0 Å². The van der Waals surface area contributed by atoms with Gasteiger partial charge in [0.2, 0.25) is 0 Å². The van der Waals surface area contributed by atoms with Gasteiger partial charge >= 0.3 is 12.1 Å². The van der Waals surface area contributed by atoms with E-state index in [1.165, 1.54) is 0 Å². The van der Waals surface area contributed by atoms with Crippen LogP contribution in [0.2, 0.25) is 0 Å². The fourth-order valence-electron chi connectivity index (χ4n) is 1.49. The van der Waals surface area contributed by atoms with E-state index in [0.717, 1.165) is 5.56 Å². The van der Waals surface area contributed by atoms with E-state index in [9.17, 15) is 9.59 Å². The highest BCUT2D eigenvalue weighted by Gasteiger charge is 2.15. The van der Waals surface area contributed by atoms with Crippen molar-refractivity contribution in [3.8, 4) is 0 Å². The molecule has 0 aliphatic rings. The number of aryl methyl sites for hydroxylation is 1. The van der Waals surface area contributed by atoms with E-state index in [4.69, 9.17) is 9.47 Å². The van der Waals surface area contributed by atoms with Crippen LogP contribution in [0, 0.1) is 6.92 Å². The second-order valence-electron chi connectivity index (χ2n) is 5.38. The zero-order valence-electron chi connectivity index (χ0n) is 12.4. The largest absolute Gasteiger partial charge is 0.460 e. The smallest absolute Gasteiger partial charge is 0.407 e. The summed E-state index contributed by atoms with van der Waals surface area (Å²) < 4.78 is 10.1. The molecule has 110 valence electrons. The summed E-state index contributed by atoms with van der Waals surface area (Å²) in [5.41, 5.74) is 0.851. The molecule has 0 unspecified atom stereocenters. The first-order chi connectivity index (χ1) is 9.29. The molecule has 0 bridgehead atoms. The summed E-state index contributed by atoms with van der Waals surface area (Å²) in [5, 5.41) is 2.52. The zero-order chi connectivity index (χ0) is 15.2. The molecule has 0 saturated heterocycles. The Labute approximate surface area is 119 Å². The summed E-state index contributed by atoms with van der Waals surface area (Å²) in [6.45, 7) is 7.51. The van der Waals surface area contributed by atoms with Crippen molar-refractivity contribution in [3.63, 3.8) is 0 Å². The number of alkyl carbamates (subject to hydrolysis) is 1. The standard InChI is InChI=1S/C15H21NO4/c1-11-7-5-6-8-12(11)13(17)19-10-9-16-14(18)20-15(2,3)4/h5-8H,9-10H2,1-4H3,(H,16,18). The van der Waals surface area contributed by atoms with Crippen molar-refractivity contribution in [3.05, 3.63) is 35.4 Å². The van der Waals surface area contributed by atoms with E-state index in [1.54, 1.807) is 32.9 Å². The fraction of sp³-hybridized carbons (Fsp3) is 0.467. The van der Waals surface area contributed by atoms with Crippen LogP contribution in [0.15, 0.2) is 24.3 Å². The molecule has 0 radical (unpaired) electrons. The van der Waals surface area contributed by atoms with Crippen LogP contribution in [0.4, 0.5) is 4.79 Å². The predicted octanol–water partition coefficient (Wildman–Crippen LogP) is 2.68. The van der Waals surface area contributed by atoms with Crippen LogP contribution in [0.5, 0.6) is 0 Å². The minimum Gasteiger partial charge on any atom is -0.460 e. The number of hydrogen-bond acceptors (Lipinski definition) is 4. The van der Waals surface area contributed by atoms with E-state index in [1.807, 2.05) is 19.1 Å². The lowest BCUT2D eigenvalue weighted by Gasteiger charge is -2.19. The summed E-state index contributed by atoms with van der Waals surface area (Å²) >= 11 is 0. The summed E-state index contributed by atoms with van der Waals surface area (Å²) in [5.74, 6) is -0.394. The molecule has 5 heteroatoms. The van der Waals surface area contributed by atoms with Crippen molar-refractivity contribution in [2.45, 2.75) is 33.3 Å². The SMILES string of the molecule is Cc1ccccc1C(=O)OCCNC(=O)OC(C)(C)C. The van der Waals surface area contributed by atoms with Gasteiger partial charge in [-0.25, -0.2) is 9.59 Å². The van der Waals surface area contributed by atoms with Crippen LogP contribution in [-0.4, -0.2) is 30.8 Å². The molecular formula is C15H21NO4. The third kappa shape index (κ3) is 5.73. The molecule has 0 fully saturated rings. The monoisotopic (exact) mass is 279 g/mol. The highest BCUT2D eigenvalue weighted by molar-refractivity contribution is 5.90. The fourth-order valence-corrected chi connectivity index (χ4v) is 1.49. The highest BCUT2D eigenvalue weighted by atomic mass is 16.6. The Bertz CT molecular complexity index is 477. The first-order valence-corrected chi connectivity index (χ1v) is 6.49. The van der Waals surface area contributed by atoms with Crippen molar-refractivity contribution >= 4 is 12.1 Å². The minimum absolute atomic E-state index is 0.104. The number of hydrogen-bond donors (Lipinski definition) is 1. The number of amides is 1. The number of rotatable bonds is 4. The van der Waals surface area contributed by atoms with Gasteiger partial charge in [0.1, 0.15) is 12.2 Å². The summed E-state index contributed by atoms with van der Waals surface area (Å²) in [4.78, 5) is 23.1. The van der Waals surface area contributed by atoms with Gasteiger partial charge in [-0.3, -0.25) is 0 Å². The van der Waals surface area contributed by atoms with E-state index >= 15 is 0 Å². The molecule has 1 amide bonds. The Morgan fingerprint density at radius 1 is 1.20 bits per heavy atom. The molecule has 0 saturated carbocycles. The van der Waals surface area contributed by atoms with E-state index < -0.39 is 17.7 Å². The van der Waals surface area contributed by atoms with Crippen molar-refractivity contribution in [2.24, 2.45) is 0 Å². The Balaban J connectivity index is 2.30. The van der Waals surface area contributed by atoms with Gasteiger partial charge in [0.25, 0.3) is 0 Å². The number of nitrogens with one attached hydrogen (secondary N) is 1. The zero-order valence-corrected chi connectivity index (χ0v) is 12.4. The van der Waals surface area contributed by atoms with Gasteiger partial charge in [-0.1, -0.05) is 18.2 Å². The van der Waals surface area contributed by atoms with Gasteiger partial charge in [0, 0.05) is 0 Å². The van der Waals surface area contributed by atoms with Crippen LogP contribution in [-0.2, 0) is 9.47 Å². The molecule has 0 aliphatic carbocycles. The van der Waals surface area contributed by atoms with Gasteiger partial charge in [0.05, 0.1) is 12.1 Å². The van der Waals surface area contributed by atoms with Crippen molar-refractivity contribution in [1.82, 2.24) is 5.32 Å². The Morgan fingerprint density at radius 2 is 1.85 bits per heavy atom. The molecule has 20 heavy (non-hydrogen) atoms. The summed E-state index contributed by atoms with van der Waals surface area (Å²) in [6, 6.07) is 7.19. The van der Waals surface area contributed by atoms with Crippen LogP contribution < -0.4 is 5.32 Å². The molecule has 0 spiro atoms. The average molecular weight is 279 g/mol. The average Bonchev–Trinajstić information content (AvgIpc) is 2.33. The maximum absolute atomic E-state index is 11.8. The van der Waals surface area contributed by atoms with Crippen LogP contribution in [0.3, 0.4) is 0 Å². The van der Waals surface area contributed by atoms with Crippen LogP contribution in [0.25, 0.3) is 0 Å². The number of benzene rings is 1. The molecule has 0 aromatic heterocycles. The lowest BCUT2D eigenvalue weighted by molar-refractivity contribution is 0.0433. The quantitative estimate of drug-likeness (QED) is 0.680. The van der Waals surface area contributed by atoms with Crippen molar-refractivity contribution in [2.75, 3.05) is 13.2 Å². The molecular weight excluding hydrogens is 258 g/mol. The molecule has 0 aliphatic heterocycles. The molecule has 1 N–H and O–H groups in total. The Morgan fingerprint density at radius 3 is 2.45 bits per heavy atom. The van der Waals surface area contributed by atoms with E-state index in [2.05, 4.69) is 5.32 Å². The van der Waals surface area contributed by atoms with E-state index in [-0.39, 0.29) is 13.2 Å². The third-order valence-electron chi connectivity index (χ3n) is 2.37.